The number of likely N-dealkylation sites (N-methyl/N-ethyl adjacent to an activating group) is 1. The topological polar surface area (TPSA) is 82.1 Å². The lowest BCUT2D eigenvalue weighted by Gasteiger charge is -2.37. The van der Waals surface area contributed by atoms with Crippen LogP contribution in [-0.4, -0.2) is 51.1 Å². The van der Waals surface area contributed by atoms with Gasteiger partial charge in [0, 0.05) is 12.6 Å². The zero-order chi connectivity index (χ0) is 17.4. The summed E-state index contributed by atoms with van der Waals surface area (Å²) in [4.78, 5) is 37.9. The number of benzene rings is 1. The lowest BCUT2D eigenvalue weighted by Crippen LogP contribution is -2.52. The molecule has 2 amide bonds. The molecule has 23 heavy (non-hydrogen) atoms. The number of amides is 2. The Morgan fingerprint density at radius 2 is 1.70 bits per heavy atom. The number of carbonyl (C=O) groups is 3. The van der Waals surface area contributed by atoms with Crippen molar-refractivity contribution >= 4 is 17.8 Å². The van der Waals surface area contributed by atoms with Gasteiger partial charge in [0.1, 0.15) is 0 Å². The van der Waals surface area contributed by atoms with Gasteiger partial charge in [-0.3, -0.25) is 19.3 Å². The molecule has 2 rings (SSSR count). The highest BCUT2D eigenvalue weighted by Gasteiger charge is 2.48. The zero-order valence-corrected chi connectivity index (χ0v) is 13.8. The molecule has 1 unspecified atom stereocenters. The quantitative estimate of drug-likeness (QED) is 0.611. The number of methoxy groups -OCH3 is 3. The van der Waals surface area contributed by atoms with Crippen molar-refractivity contribution in [3.05, 3.63) is 23.3 Å². The van der Waals surface area contributed by atoms with Gasteiger partial charge in [-0.1, -0.05) is 0 Å². The van der Waals surface area contributed by atoms with Gasteiger partial charge in [0.25, 0.3) is 5.91 Å². The van der Waals surface area contributed by atoms with Gasteiger partial charge < -0.3 is 14.2 Å². The number of ether oxygens (including phenoxy) is 3. The number of rotatable bonds is 4. The van der Waals surface area contributed by atoms with Crippen LogP contribution in [0.2, 0.25) is 0 Å². The summed E-state index contributed by atoms with van der Waals surface area (Å²) in [6, 6.07) is 3.09. The Bertz CT molecular complexity index is 683. The summed E-state index contributed by atoms with van der Waals surface area (Å²) in [5.74, 6) is -0.694. The Kier molecular flexibility index (Phi) is 4.31. The molecule has 0 aliphatic carbocycles. The molecule has 0 radical (unpaired) electrons. The first-order valence-electron chi connectivity index (χ1n) is 6.96. The van der Waals surface area contributed by atoms with Crippen LogP contribution in [0.3, 0.4) is 0 Å². The Hall–Kier alpha value is -2.57. The highest BCUT2D eigenvalue weighted by Crippen LogP contribution is 2.42. The first-order chi connectivity index (χ1) is 10.8. The van der Waals surface area contributed by atoms with Crippen molar-refractivity contribution in [1.29, 1.82) is 0 Å². The fourth-order valence-electron chi connectivity index (χ4n) is 2.80. The maximum absolute atomic E-state index is 12.7. The number of fused-ring (bicyclic) bond motifs is 1. The predicted octanol–water partition coefficient (Wildman–Crippen LogP) is 1.14. The fourth-order valence-corrected chi connectivity index (χ4v) is 2.80. The van der Waals surface area contributed by atoms with E-state index in [4.69, 9.17) is 14.2 Å². The van der Waals surface area contributed by atoms with Gasteiger partial charge in [0.15, 0.2) is 11.5 Å². The van der Waals surface area contributed by atoms with Gasteiger partial charge in [-0.05, 0) is 24.6 Å². The van der Waals surface area contributed by atoms with E-state index in [2.05, 4.69) is 0 Å². The van der Waals surface area contributed by atoms with Crippen LogP contribution in [0.1, 0.15) is 29.3 Å². The SMILES string of the molecule is COC(=O)CC1(C)C(=O)N(C)C(=O)c2cc(OC)c(OC)cc21. The van der Waals surface area contributed by atoms with Crippen molar-refractivity contribution in [3.8, 4) is 11.5 Å². The number of hydrogen-bond acceptors (Lipinski definition) is 6. The Morgan fingerprint density at radius 1 is 1.13 bits per heavy atom. The first-order valence-corrected chi connectivity index (χ1v) is 6.96. The van der Waals surface area contributed by atoms with Crippen molar-refractivity contribution in [2.24, 2.45) is 0 Å². The number of imide groups is 1. The van der Waals surface area contributed by atoms with Crippen molar-refractivity contribution in [1.82, 2.24) is 4.90 Å². The number of hydrogen-bond donors (Lipinski definition) is 0. The van der Waals surface area contributed by atoms with E-state index in [0.29, 0.717) is 22.6 Å². The lowest BCUT2D eigenvalue weighted by molar-refractivity contribution is -0.147. The average molecular weight is 321 g/mol. The Morgan fingerprint density at radius 3 is 2.22 bits per heavy atom. The van der Waals surface area contributed by atoms with Crippen molar-refractivity contribution in [2.45, 2.75) is 18.8 Å². The van der Waals surface area contributed by atoms with Gasteiger partial charge in [-0.25, -0.2) is 0 Å². The maximum atomic E-state index is 12.7. The van der Waals surface area contributed by atoms with Crippen LogP contribution in [0, 0.1) is 0 Å². The molecule has 0 N–H and O–H groups in total. The molecule has 124 valence electrons. The van der Waals surface area contributed by atoms with Crippen molar-refractivity contribution in [3.63, 3.8) is 0 Å². The van der Waals surface area contributed by atoms with E-state index in [1.54, 1.807) is 13.0 Å². The van der Waals surface area contributed by atoms with Gasteiger partial charge in [0.2, 0.25) is 5.91 Å². The normalized spacial score (nSPS) is 20.1. The Balaban J connectivity index is 2.72. The molecule has 0 bridgehead atoms. The molecule has 0 saturated carbocycles. The van der Waals surface area contributed by atoms with Gasteiger partial charge >= 0.3 is 5.97 Å². The van der Waals surface area contributed by atoms with Crippen molar-refractivity contribution < 1.29 is 28.6 Å². The molecular weight excluding hydrogens is 302 g/mol. The van der Waals surface area contributed by atoms with Crippen LogP contribution in [0.25, 0.3) is 0 Å². The number of nitrogens with zero attached hydrogens (tertiary/aromatic N) is 1. The summed E-state index contributed by atoms with van der Waals surface area (Å²) >= 11 is 0. The molecule has 0 aromatic heterocycles. The first kappa shape index (κ1) is 16.8. The molecule has 7 nitrogen and oxygen atoms in total. The zero-order valence-electron chi connectivity index (χ0n) is 13.8. The Labute approximate surface area is 134 Å². The molecule has 0 spiro atoms. The third-order valence-corrected chi connectivity index (χ3v) is 4.16. The van der Waals surface area contributed by atoms with Gasteiger partial charge in [-0.2, -0.15) is 0 Å². The number of carbonyl (C=O) groups excluding carboxylic acids is 3. The van der Waals surface area contributed by atoms with E-state index in [1.165, 1.54) is 34.4 Å². The summed E-state index contributed by atoms with van der Waals surface area (Å²) in [5, 5.41) is 0. The molecule has 1 heterocycles. The van der Waals surface area contributed by atoms with Crippen molar-refractivity contribution in [2.75, 3.05) is 28.4 Å². The summed E-state index contributed by atoms with van der Waals surface area (Å²) in [7, 11) is 5.56. The second-order valence-electron chi connectivity index (χ2n) is 5.51. The lowest BCUT2D eigenvalue weighted by atomic mass is 9.73. The molecule has 1 aliphatic rings. The van der Waals surface area contributed by atoms with E-state index in [9.17, 15) is 14.4 Å². The third kappa shape index (κ3) is 2.52. The van der Waals surface area contributed by atoms with E-state index in [1.807, 2.05) is 0 Å². The molecule has 7 heteroatoms. The predicted molar refractivity (Wildman–Crippen MR) is 80.6 cm³/mol. The minimum Gasteiger partial charge on any atom is -0.493 e. The molecule has 0 fully saturated rings. The summed E-state index contributed by atoms with van der Waals surface area (Å²) < 4.78 is 15.2. The average Bonchev–Trinajstić information content (AvgIpc) is 2.56. The molecular formula is C16H19NO6. The van der Waals surface area contributed by atoms with Gasteiger partial charge in [-0.15, -0.1) is 0 Å². The standard InChI is InChI=1S/C16H19NO6/c1-16(8-13(18)23-5)10-7-12(22-4)11(21-3)6-9(10)14(19)17(2)15(16)20/h6-7H,8H2,1-5H3. The molecule has 1 aromatic rings. The third-order valence-electron chi connectivity index (χ3n) is 4.16. The van der Waals surface area contributed by atoms with Crippen LogP contribution < -0.4 is 9.47 Å². The molecule has 0 saturated heterocycles. The monoisotopic (exact) mass is 321 g/mol. The van der Waals surface area contributed by atoms with Crippen LogP contribution in [0.15, 0.2) is 12.1 Å². The second kappa shape index (κ2) is 5.91. The molecule has 1 atom stereocenters. The van der Waals surface area contributed by atoms with E-state index in [-0.39, 0.29) is 6.42 Å². The minimum atomic E-state index is -1.22. The minimum absolute atomic E-state index is 0.178. The molecule has 1 aliphatic heterocycles. The van der Waals surface area contributed by atoms with E-state index in [0.717, 1.165) is 4.90 Å². The fraction of sp³-hybridized carbons (Fsp3) is 0.438. The second-order valence-corrected chi connectivity index (χ2v) is 5.51. The highest BCUT2D eigenvalue weighted by atomic mass is 16.5. The summed E-state index contributed by atoms with van der Waals surface area (Å²) in [5.41, 5.74) is -0.491. The maximum Gasteiger partial charge on any atom is 0.306 e. The van der Waals surface area contributed by atoms with Crippen LogP contribution in [-0.2, 0) is 19.7 Å². The number of esters is 1. The van der Waals surface area contributed by atoms with Crippen LogP contribution >= 0.6 is 0 Å². The van der Waals surface area contributed by atoms with Crippen LogP contribution in [0.4, 0.5) is 0 Å². The summed E-state index contributed by atoms with van der Waals surface area (Å²) in [6.07, 6.45) is -0.178. The van der Waals surface area contributed by atoms with Gasteiger partial charge in [0.05, 0.1) is 33.2 Å². The molecule has 1 aromatic carbocycles. The smallest absolute Gasteiger partial charge is 0.306 e. The van der Waals surface area contributed by atoms with E-state index < -0.39 is 23.2 Å². The van der Waals surface area contributed by atoms with Crippen LogP contribution in [0.5, 0.6) is 11.5 Å². The highest BCUT2D eigenvalue weighted by molar-refractivity contribution is 6.14. The largest absolute Gasteiger partial charge is 0.493 e. The summed E-state index contributed by atoms with van der Waals surface area (Å²) in [6.45, 7) is 1.61. The van der Waals surface area contributed by atoms with E-state index >= 15 is 0 Å².